The molecule has 0 rings (SSSR count). The number of unbranched alkanes of at least 4 members (excludes halogenated alkanes) is 2. The normalized spacial score (nSPS) is 18.0. The summed E-state index contributed by atoms with van der Waals surface area (Å²) in [6.07, 6.45) is 20.1. The van der Waals surface area contributed by atoms with Gasteiger partial charge in [-0.25, -0.2) is 0 Å². The molecular weight excluding hydrogens is 384 g/mol. The van der Waals surface area contributed by atoms with Gasteiger partial charge in [-0.3, -0.25) is 0 Å². The molecule has 194 valence electrons. The Morgan fingerprint density at radius 1 is 0.469 bits per heavy atom. The van der Waals surface area contributed by atoms with Crippen molar-refractivity contribution >= 4 is 0 Å². The first-order chi connectivity index (χ1) is 15.2. The van der Waals surface area contributed by atoms with E-state index >= 15 is 0 Å². The molecule has 0 fully saturated rings. The number of rotatable bonds is 21. The van der Waals surface area contributed by atoms with Crippen LogP contribution < -0.4 is 0 Å². The molecule has 32 heavy (non-hydrogen) atoms. The van der Waals surface area contributed by atoms with Crippen LogP contribution in [-0.2, 0) is 0 Å². The summed E-state index contributed by atoms with van der Waals surface area (Å²) in [6, 6.07) is 0. The Bertz CT molecular complexity index is 395. The zero-order chi connectivity index (χ0) is 24.5. The second kappa shape index (κ2) is 19.3. The SMILES string of the molecule is CCCC(CCCCC(C)C(C)C)C(CCCCC(CC)C(C)C)C(CC)CC(C)CC. The molecule has 0 heterocycles. The van der Waals surface area contributed by atoms with Gasteiger partial charge in [-0.05, 0) is 60.2 Å². The summed E-state index contributed by atoms with van der Waals surface area (Å²) in [6.45, 7) is 24.3. The van der Waals surface area contributed by atoms with E-state index in [1.54, 1.807) is 0 Å². The molecule has 0 saturated carbocycles. The first-order valence-corrected chi connectivity index (χ1v) is 15.2. The van der Waals surface area contributed by atoms with E-state index in [1.807, 2.05) is 0 Å². The summed E-state index contributed by atoms with van der Waals surface area (Å²) in [4.78, 5) is 0. The molecular formula is C32H66. The first-order valence-electron chi connectivity index (χ1n) is 15.2. The van der Waals surface area contributed by atoms with Crippen LogP contribution in [-0.4, -0.2) is 0 Å². The molecule has 0 N–H and O–H groups in total. The minimum absolute atomic E-state index is 0.840. The fourth-order valence-electron chi connectivity index (χ4n) is 6.13. The number of hydrogen-bond donors (Lipinski definition) is 0. The maximum absolute atomic E-state index is 2.50. The van der Waals surface area contributed by atoms with Gasteiger partial charge in [0.05, 0.1) is 0 Å². The maximum Gasteiger partial charge on any atom is -0.0357 e. The average molecular weight is 451 g/mol. The van der Waals surface area contributed by atoms with Crippen molar-refractivity contribution in [1.82, 2.24) is 0 Å². The molecule has 0 amide bonds. The minimum atomic E-state index is 0.840. The molecule has 0 nitrogen and oxygen atoms in total. The molecule has 0 aromatic rings. The molecule has 0 aromatic heterocycles. The van der Waals surface area contributed by atoms with Crippen LogP contribution in [0.3, 0.4) is 0 Å². The molecule has 0 aliphatic heterocycles. The summed E-state index contributed by atoms with van der Waals surface area (Å²) in [7, 11) is 0. The third kappa shape index (κ3) is 13.6. The van der Waals surface area contributed by atoms with Crippen LogP contribution in [0.5, 0.6) is 0 Å². The van der Waals surface area contributed by atoms with E-state index in [9.17, 15) is 0 Å². The molecule has 0 aromatic carbocycles. The molecule has 0 aliphatic carbocycles. The smallest absolute Gasteiger partial charge is 0.0357 e. The van der Waals surface area contributed by atoms with Crippen LogP contribution in [0.4, 0.5) is 0 Å². The highest BCUT2D eigenvalue weighted by Crippen LogP contribution is 2.39. The van der Waals surface area contributed by atoms with Crippen LogP contribution in [0.2, 0.25) is 0 Å². The van der Waals surface area contributed by atoms with Gasteiger partial charge in [-0.15, -0.1) is 0 Å². The van der Waals surface area contributed by atoms with Crippen LogP contribution in [0.1, 0.15) is 159 Å². The lowest BCUT2D eigenvalue weighted by Crippen LogP contribution is -2.25. The van der Waals surface area contributed by atoms with Gasteiger partial charge in [-0.1, -0.05) is 146 Å². The quantitative estimate of drug-likeness (QED) is 0.152. The highest BCUT2D eigenvalue weighted by molar-refractivity contribution is 4.79. The number of hydrogen-bond acceptors (Lipinski definition) is 0. The predicted octanol–water partition coefficient (Wildman–Crippen LogP) is 11.6. The Kier molecular flexibility index (Phi) is 19.3. The third-order valence-electron chi connectivity index (χ3n) is 9.25. The predicted molar refractivity (Wildman–Crippen MR) is 149 cm³/mol. The van der Waals surface area contributed by atoms with E-state index < -0.39 is 0 Å². The van der Waals surface area contributed by atoms with Crippen LogP contribution >= 0.6 is 0 Å². The molecule has 0 spiro atoms. The Balaban J connectivity index is 5.09. The largest absolute Gasteiger partial charge is 0.0654 e. The van der Waals surface area contributed by atoms with Gasteiger partial charge in [0.15, 0.2) is 0 Å². The Labute approximate surface area is 206 Å². The second-order valence-corrected chi connectivity index (χ2v) is 12.3. The van der Waals surface area contributed by atoms with Crippen LogP contribution in [0.15, 0.2) is 0 Å². The van der Waals surface area contributed by atoms with E-state index in [1.165, 1.54) is 89.9 Å². The third-order valence-corrected chi connectivity index (χ3v) is 9.25. The Morgan fingerprint density at radius 3 is 1.47 bits per heavy atom. The molecule has 0 saturated heterocycles. The standard InChI is InChI=1S/C32H66/c1-11-19-31(22-16-15-20-28(10)25(5)6)32(30(14-4)24-27(9)12-2)23-18-17-21-29(13-3)26(7)8/h25-32H,11-24H2,1-10H3. The van der Waals surface area contributed by atoms with Crippen molar-refractivity contribution in [3.63, 3.8) is 0 Å². The zero-order valence-corrected chi connectivity index (χ0v) is 24.5. The Morgan fingerprint density at radius 2 is 1.00 bits per heavy atom. The van der Waals surface area contributed by atoms with E-state index in [0.717, 1.165) is 47.3 Å². The van der Waals surface area contributed by atoms with Crippen molar-refractivity contribution in [2.24, 2.45) is 47.3 Å². The fourth-order valence-corrected chi connectivity index (χ4v) is 6.13. The van der Waals surface area contributed by atoms with Crippen molar-refractivity contribution in [2.45, 2.75) is 159 Å². The van der Waals surface area contributed by atoms with Crippen molar-refractivity contribution in [2.75, 3.05) is 0 Å². The van der Waals surface area contributed by atoms with Crippen LogP contribution in [0, 0.1) is 47.3 Å². The van der Waals surface area contributed by atoms with Crippen molar-refractivity contribution in [1.29, 1.82) is 0 Å². The fraction of sp³-hybridized carbons (Fsp3) is 1.00. The highest BCUT2D eigenvalue weighted by Gasteiger charge is 2.28. The van der Waals surface area contributed by atoms with E-state index in [-0.39, 0.29) is 0 Å². The monoisotopic (exact) mass is 451 g/mol. The molecule has 0 heteroatoms. The van der Waals surface area contributed by atoms with Gasteiger partial charge in [0.25, 0.3) is 0 Å². The zero-order valence-electron chi connectivity index (χ0n) is 24.5. The molecule has 6 unspecified atom stereocenters. The van der Waals surface area contributed by atoms with Gasteiger partial charge in [-0.2, -0.15) is 0 Å². The van der Waals surface area contributed by atoms with Gasteiger partial charge in [0, 0.05) is 0 Å². The first kappa shape index (κ1) is 32.0. The van der Waals surface area contributed by atoms with E-state index in [2.05, 4.69) is 69.2 Å². The second-order valence-electron chi connectivity index (χ2n) is 12.3. The minimum Gasteiger partial charge on any atom is -0.0654 e. The summed E-state index contributed by atoms with van der Waals surface area (Å²) >= 11 is 0. The van der Waals surface area contributed by atoms with Gasteiger partial charge >= 0.3 is 0 Å². The molecule has 0 aliphatic rings. The Hall–Kier alpha value is 0. The lowest BCUT2D eigenvalue weighted by molar-refractivity contribution is 0.150. The van der Waals surface area contributed by atoms with E-state index in [4.69, 9.17) is 0 Å². The maximum atomic E-state index is 2.50. The summed E-state index contributed by atoms with van der Waals surface area (Å²) in [5, 5.41) is 0. The van der Waals surface area contributed by atoms with Crippen molar-refractivity contribution in [3.8, 4) is 0 Å². The summed E-state index contributed by atoms with van der Waals surface area (Å²) in [5.41, 5.74) is 0. The van der Waals surface area contributed by atoms with Crippen molar-refractivity contribution in [3.05, 3.63) is 0 Å². The van der Waals surface area contributed by atoms with Gasteiger partial charge in [0.2, 0.25) is 0 Å². The highest BCUT2D eigenvalue weighted by atomic mass is 14.3. The lowest BCUT2D eigenvalue weighted by Gasteiger charge is -2.35. The summed E-state index contributed by atoms with van der Waals surface area (Å²) < 4.78 is 0. The van der Waals surface area contributed by atoms with E-state index in [0.29, 0.717) is 0 Å². The molecule has 0 radical (unpaired) electrons. The van der Waals surface area contributed by atoms with Gasteiger partial charge in [0.1, 0.15) is 0 Å². The van der Waals surface area contributed by atoms with Crippen LogP contribution in [0.25, 0.3) is 0 Å². The molecule has 6 atom stereocenters. The van der Waals surface area contributed by atoms with Crippen molar-refractivity contribution < 1.29 is 0 Å². The molecule has 0 bridgehead atoms. The topological polar surface area (TPSA) is 0 Å². The average Bonchev–Trinajstić information content (AvgIpc) is 2.76. The summed E-state index contributed by atoms with van der Waals surface area (Å²) in [5.74, 6) is 7.29. The van der Waals surface area contributed by atoms with Gasteiger partial charge < -0.3 is 0 Å². The lowest BCUT2D eigenvalue weighted by atomic mass is 9.70.